The van der Waals surface area contributed by atoms with Crippen molar-refractivity contribution in [3.63, 3.8) is 0 Å². The van der Waals surface area contributed by atoms with Gasteiger partial charge in [-0.15, -0.1) is 0 Å². The van der Waals surface area contributed by atoms with E-state index in [1.165, 1.54) is 12.1 Å². The molecule has 0 N–H and O–H groups in total. The van der Waals surface area contributed by atoms with Crippen molar-refractivity contribution in [1.82, 2.24) is 0 Å². The zero-order valence-electron chi connectivity index (χ0n) is 9.11. The van der Waals surface area contributed by atoms with Crippen molar-refractivity contribution in [2.24, 2.45) is 0 Å². The van der Waals surface area contributed by atoms with Crippen LogP contribution in [0.1, 0.15) is 5.56 Å². The van der Waals surface area contributed by atoms with Gasteiger partial charge in [-0.2, -0.15) is 8.78 Å². The molecule has 17 heavy (non-hydrogen) atoms. The van der Waals surface area contributed by atoms with Crippen LogP contribution in [-0.2, 0) is 25.3 Å². The van der Waals surface area contributed by atoms with Gasteiger partial charge < -0.3 is 4.74 Å². The first-order chi connectivity index (χ1) is 7.71. The molecular formula is C10H10F2O4S. The summed E-state index contributed by atoms with van der Waals surface area (Å²) in [5.74, 6) is -5.79. The number of carbonyl (C=O) groups excluding carboxylic acids is 1. The van der Waals surface area contributed by atoms with Crippen molar-refractivity contribution in [1.29, 1.82) is 0 Å². The number of benzene rings is 1. The third-order valence-electron chi connectivity index (χ3n) is 2.07. The fraction of sp³-hybridized carbons (Fsp3) is 0.300. The summed E-state index contributed by atoms with van der Waals surface area (Å²) < 4.78 is 53.8. The van der Waals surface area contributed by atoms with Crippen molar-refractivity contribution < 1.29 is 26.7 Å². The van der Waals surface area contributed by atoms with Crippen LogP contribution < -0.4 is 0 Å². The maximum Gasteiger partial charge on any atom is 0.381 e. The number of rotatable bonds is 3. The molecule has 0 atom stereocenters. The minimum atomic E-state index is -3.99. The number of carbonyl (C=O) groups is 1. The number of methoxy groups -OCH3 is 1. The van der Waals surface area contributed by atoms with E-state index in [0.29, 0.717) is 0 Å². The average molecular weight is 264 g/mol. The minimum Gasteiger partial charge on any atom is -0.464 e. The van der Waals surface area contributed by atoms with Gasteiger partial charge >= 0.3 is 11.9 Å². The van der Waals surface area contributed by atoms with Gasteiger partial charge in [0.1, 0.15) is 0 Å². The highest BCUT2D eigenvalue weighted by atomic mass is 32.2. The number of alkyl halides is 2. The normalized spacial score (nSPS) is 12.2. The second-order valence-corrected chi connectivity index (χ2v) is 5.32. The number of hydrogen-bond donors (Lipinski definition) is 0. The Balaban J connectivity index is 3.48. The molecule has 1 rings (SSSR count). The predicted molar refractivity (Wildman–Crippen MR) is 55.5 cm³/mol. The summed E-state index contributed by atoms with van der Waals surface area (Å²) in [6.45, 7) is 0. The Morgan fingerprint density at radius 1 is 1.29 bits per heavy atom. The molecular weight excluding hydrogens is 254 g/mol. The van der Waals surface area contributed by atoms with Crippen LogP contribution in [-0.4, -0.2) is 27.8 Å². The van der Waals surface area contributed by atoms with Gasteiger partial charge in [0.25, 0.3) is 0 Å². The van der Waals surface area contributed by atoms with Crippen molar-refractivity contribution in [2.45, 2.75) is 10.8 Å². The Morgan fingerprint density at radius 3 is 2.29 bits per heavy atom. The maximum absolute atomic E-state index is 13.6. The Kier molecular flexibility index (Phi) is 3.51. The monoisotopic (exact) mass is 264 g/mol. The van der Waals surface area contributed by atoms with E-state index in [4.69, 9.17) is 0 Å². The lowest BCUT2D eigenvalue weighted by molar-refractivity contribution is -0.170. The third kappa shape index (κ3) is 2.60. The fourth-order valence-corrected chi connectivity index (χ4v) is 2.21. The molecule has 0 radical (unpaired) electrons. The van der Waals surface area contributed by atoms with Crippen LogP contribution in [0, 0.1) is 0 Å². The van der Waals surface area contributed by atoms with E-state index >= 15 is 0 Å². The first-order valence-corrected chi connectivity index (χ1v) is 6.36. The van der Waals surface area contributed by atoms with E-state index in [1.807, 2.05) is 0 Å². The molecule has 0 spiro atoms. The molecule has 0 saturated carbocycles. The van der Waals surface area contributed by atoms with Crippen LogP contribution in [0.5, 0.6) is 0 Å². The number of hydrogen-bond acceptors (Lipinski definition) is 4. The van der Waals surface area contributed by atoms with E-state index in [-0.39, 0.29) is 0 Å². The van der Waals surface area contributed by atoms with Crippen LogP contribution in [0.25, 0.3) is 0 Å². The molecule has 94 valence electrons. The van der Waals surface area contributed by atoms with Crippen molar-refractivity contribution in [3.05, 3.63) is 29.8 Å². The van der Waals surface area contributed by atoms with Crippen LogP contribution in [0.2, 0.25) is 0 Å². The summed E-state index contributed by atoms with van der Waals surface area (Å²) >= 11 is 0. The van der Waals surface area contributed by atoms with Gasteiger partial charge in [-0.1, -0.05) is 18.2 Å². The van der Waals surface area contributed by atoms with E-state index in [9.17, 15) is 22.0 Å². The zero-order chi connectivity index (χ0) is 13.3. The average Bonchev–Trinajstić information content (AvgIpc) is 2.26. The Morgan fingerprint density at radius 2 is 1.82 bits per heavy atom. The molecule has 0 aromatic heterocycles. The molecule has 1 aromatic rings. The van der Waals surface area contributed by atoms with Gasteiger partial charge in [-0.05, 0) is 6.07 Å². The smallest absolute Gasteiger partial charge is 0.381 e. The molecule has 4 nitrogen and oxygen atoms in total. The highest BCUT2D eigenvalue weighted by Gasteiger charge is 2.45. The van der Waals surface area contributed by atoms with Crippen LogP contribution in [0.15, 0.2) is 29.2 Å². The lowest BCUT2D eigenvalue weighted by Gasteiger charge is -2.16. The summed E-state index contributed by atoms with van der Waals surface area (Å²) in [6, 6.07) is 4.42. The van der Waals surface area contributed by atoms with Crippen molar-refractivity contribution in [3.8, 4) is 0 Å². The third-order valence-corrected chi connectivity index (χ3v) is 3.22. The largest absolute Gasteiger partial charge is 0.464 e. The van der Waals surface area contributed by atoms with Gasteiger partial charge in [0.05, 0.1) is 17.6 Å². The van der Waals surface area contributed by atoms with Gasteiger partial charge in [-0.25, -0.2) is 13.2 Å². The molecule has 0 heterocycles. The van der Waals surface area contributed by atoms with Gasteiger partial charge in [-0.3, -0.25) is 0 Å². The summed E-state index contributed by atoms with van der Waals surface area (Å²) in [7, 11) is -3.04. The lowest BCUT2D eigenvalue weighted by Crippen LogP contribution is -2.29. The summed E-state index contributed by atoms with van der Waals surface area (Å²) in [4.78, 5) is 10.4. The topological polar surface area (TPSA) is 60.4 Å². The first kappa shape index (κ1) is 13.6. The lowest BCUT2D eigenvalue weighted by atomic mass is 10.1. The molecule has 0 saturated heterocycles. The molecule has 0 aliphatic rings. The van der Waals surface area contributed by atoms with E-state index in [0.717, 1.165) is 25.5 Å². The summed E-state index contributed by atoms with van der Waals surface area (Å²) in [6.07, 6.45) is 0.791. The summed E-state index contributed by atoms with van der Waals surface area (Å²) in [5.41, 5.74) is -0.880. The zero-order valence-corrected chi connectivity index (χ0v) is 9.92. The first-order valence-electron chi connectivity index (χ1n) is 4.47. The molecule has 0 bridgehead atoms. The second kappa shape index (κ2) is 4.40. The van der Waals surface area contributed by atoms with Gasteiger partial charge in [0.2, 0.25) is 0 Å². The quantitative estimate of drug-likeness (QED) is 0.773. The standard InChI is InChI=1S/C10H10F2O4S/c1-16-9(13)10(11,12)7-5-3-4-6-8(7)17(2,14)15/h3-6H,1-2H3. The SMILES string of the molecule is COC(=O)C(F)(F)c1ccccc1S(C)(=O)=O. The van der Waals surface area contributed by atoms with E-state index in [2.05, 4.69) is 4.74 Å². The maximum atomic E-state index is 13.6. The molecule has 0 amide bonds. The Bertz CT molecular complexity index is 537. The Labute approximate surface area is 97.1 Å². The second-order valence-electron chi connectivity index (χ2n) is 3.33. The number of esters is 1. The summed E-state index contributed by atoms with van der Waals surface area (Å²) in [5, 5.41) is 0. The van der Waals surface area contributed by atoms with E-state index < -0.39 is 32.2 Å². The van der Waals surface area contributed by atoms with Crippen LogP contribution in [0.4, 0.5) is 8.78 Å². The molecule has 0 fully saturated rings. The minimum absolute atomic E-state index is 0.588. The predicted octanol–water partition coefficient (Wildman–Crippen LogP) is 1.35. The fourth-order valence-electron chi connectivity index (χ4n) is 1.29. The van der Waals surface area contributed by atoms with Crippen molar-refractivity contribution >= 4 is 15.8 Å². The van der Waals surface area contributed by atoms with Gasteiger partial charge in [0, 0.05) is 6.26 Å². The van der Waals surface area contributed by atoms with Crippen molar-refractivity contribution in [2.75, 3.05) is 13.4 Å². The number of sulfone groups is 1. The highest BCUT2D eigenvalue weighted by molar-refractivity contribution is 7.90. The Hall–Kier alpha value is -1.50. The number of ether oxygens (including phenoxy) is 1. The molecule has 0 aliphatic carbocycles. The van der Waals surface area contributed by atoms with E-state index in [1.54, 1.807) is 0 Å². The molecule has 1 aromatic carbocycles. The molecule has 0 aliphatic heterocycles. The molecule has 0 unspecified atom stereocenters. The van der Waals surface area contributed by atoms with Crippen LogP contribution in [0.3, 0.4) is 0 Å². The van der Waals surface area contributed by atoms with Gasteiger partial charge in [0.15, 0.2) is 9.84 Å². The molecule has 7 heteroatoms. The van der Waals surface area contributed by atoms with Crippen LogP contribution >= 0.6 is 0 Å². The highest BCUT2D eigenvalue weighted by Crippen LogP contribution is 2.33. The number of halogens is 2.